The second-order valence-corrected chi connectivity index (χ2v) is 3.41. The molecule has 1 aliphatic heterocycles. The number of allylic oxidation sites excluding steroid dienone is 3. The van der Waals surface area contributed by atoms with E-state index in [2.05, 4.69) is 29.3 Å². The molecule has 0 aromatic heterocycles. The van der Waals surface area contributed by atoms with Crippen molar-refractivity contribution in [3.8, 4) is 0 Å². The average Bonchev–Trinajstić information content (AvgIpc) is 2.26. The quantitative estimate of drug-likeness (QED) is 0.544. The summed E-state index contributed by atoms with van der Waals surface area (Å²) in [5, 5.41) is 3.34. The molecule has 0 atom stereocenters. The molecule has 1 heterocycles. The molecule has 1 N–H and O–H groups in total. The summed E-state index contributed by atoms with van der Waals surface area (Å²) in [7, 11) is 1.71. The molecule has 80 valence electrons. The van der Waals surface area contributed by atoms with Gasteiger partial charge in [0.15, 0.2) is 0 Å². The first-order valence-corrected chi connectivity index (χ1v) is 5.12. The molecule has 14 heavy (non-hydrogen) atoms. The summed E-state index contributed by atoms with van der Waals surface area (Å²) >= 11 is 0. The molecule has 0 radical (unpaired) electrons. The molecule has 0 bridgehead atoms. The minimum absolute atomic E-state index is 0.955. The summed E-state index contributed by atoms with van der Waals surface area (Å²) in [6, 6.07) is 0. The van der Waals surface area contributed by atoms with Gasteiger partial charge >= 0.3 is 0 Å². The first-order chi connectivity index (χ1) is 6.77. The maximum absolute atomic E-state index is 5.15. The van der Waals surface area contributed by atoms with E-state index in [-0.39, 0.29) is 0 Å². The van der Waals surface area contributed by atoms with Crippen LogP contribution < -0.4 is 5.32 Å². The summed E-state index contributed by atoms with van der Waals surface area (Å²) in [6.45, 7) is 8.33. The Morgan fingerprint density at radius 1 is 1.36 bits per heavy atom. The van der Waals surface area contributed by atoms with Crippen molar-refractivity contribution in [2.75, 3.05) is 33.3 Å². The zero-order valence-electron chi connectivity index (χ0n) is 9.34. The van der Waals surface area contributed by atoms with Gasteiger partial charge < -0.3 is 15.0 Å². The van der Waals surface area contributed by atoms with Crippen LogP contribution in [0.1, 0.15) is 13.8 Å². The van der Waals surface area contributed by atoms with Crippen molar-refractivity contribution in [2.24, 2.45) is 0 Å². The lowest BCUT2D eigenvalue weighted by Gasteiger charge is -2.30. The van der Waals surface area contributed by atoms with Gasteiger partial charge in [0.25, 0.3) is 0 Å². The van der Waals surface area contributed by atoms with Gasteiger partial charge in [-0.25, -0.2) is 0 Å². The predicted octanol–water partition coefficient (Wildman–Crippen LogP) is 1.35. The summed E-state index contributed by atoms with van der Waals surface area (Å²) in [6.07, 6.45) is 4.22. The van der Waals surface area contributed by atoms with Crippen molar-refractivity contribution in [3.63, 3.8) is 0 Å². The maximum Gasteiger partial charge on any atom is 0.0945 e. The normalized spacial score (nSPS) is 19.8. The highest BCUT2D eigenvalue weighted by Gasteiger charge is 2.10. The van der Waals surface area contributed by atoms with Crippen molar-refractivity contribution in [1.82, 2.24) is 10.2 Å². The van der Waals surface area contributed by atoms with Gasteiger partial charge in [-0.1, -0.05) is 6.08 Å². The third-order valence-electron chi connectivity index (χ3n) is 2.45. The van der Waals surface area contributed by atoms with E-state index >= 15 is 0 Å². The van der Waals surface area contributed by atoms with Crippen LogP contribution in [-0.4, -0.2) is 38.2 Å². The summed E-state index contributed by atoms with van der Waals surface area (Å²) in [4.78, 5) is 2.37. The molecule has 0 saturated carbocycles. The van der Waals surface area contributed by atoms with Crippen LogP contribution in [0.4, 0.5) is 0 Å². The van der Waals surface area contributed by atoms with E-state index in [0.29, 0.717) is 0 Å². The third-order valence-corrected chi connectivity index (χ3v) is 2.45. The Kier molecular flexibility index (Phi) is 4.53. The zero-order valence-corrected chi connectivity index (χ0v) is 9.34. The molecule has 0 aromatic carbocycles. The van der Waals surface area contributed by atoms with E-state index in [1.807, 2.05) is 6.92 Å². The molecule has 0 unspecified atom stereocenters. The molecule has 0 spiro atoms. The Balaban J connectivity index is 2.61. The number of rotatable bonds is 3. The van der Waals surface area contributed by atoms with E-state index in [1.165, 1.54) is 5.70 Å². The Morgan fingerprint density at radius 3 is 2.50 bits per heavy atom. The minimum Gasteiger partial charge on any atom is -0.501 e. The van der Waals surface area contributed by atoms with Crippen LogP contribution >= 0.6 is 0 Å². The van der Waals surface area contributed by atoms with E-state index in [0.717, 1.165) is 31.9 Å². The van der Waals surface area contributed by atoms with Gasteiger partial charge in [0.1, 0.15) is 0 Å². The lowest BCUT2D eigenvalue weighted by Crippen LogP contribution is -2.42. The third kappa shape index (κ3) is 3.07. The smallest absolute Gasteiger partial charge is 0.0945 e. The molecule has 1 rings (SSSR count). The fourth-order valence-corrected chi connectivity index (χ4v) is 1.55. The van der Waals surface area contributed by atoms with Crippen LogP contribution in [0, 0.1) is 0 Å². The second kappa shape index (κ2) is 5.70. The Bertz CT molecular complexity index is 227. The van der Waals surface area contributed by atoms with Crippen LogP contribution in [0.25, 0.3) is 0 Å². The number of nitrogens with zero attached hydrogens (tertiary/aromatic N) is 1. The summed E-state index contributed by atoms with van der Waals surface area (Å²) in [5.74, 6) is 0.955. The molecule has 1 fully saturated rings. The van der Waals surface area contributed by atoms with Gasteiger partial charge in [-0.05, 0) is 19.9 Å². The van der Waals surface area contributed by atoms with Gasteiger partial charge in [0.2, 0.25) is 0 Å². The lowest BCUT2D eigenvalue weighted by molar-refractivity contribution is 0.282. The van der Waals surface area contributed by atoms with Gasteiger partial charge in [0, 0.05) is 31.9 Å². The number of hydrogen-bond donors (Lipinski definition) is 1. The van der Waals surface area contributed by atoms with Gasteiger partial charge in [-0.2, -0.15) is 0 Å². The summed E-state index contributed by atoms with van der Waals surface area (Å²) in [5.41, 5.74) is 1.26. The number of ether oxygens (including phenoxy) is 1. The predicted molar refractivity (Wildman–Crippen MR) is 59.0 cm³/mol. The van der Waals surface area contributed by atoms with E-state index in [9.17, 15) is 0 Å². The molecule has 3 nitrogen and oxygen atoms in total. The SMILES string of the molecule is CC=C(C=C(C)OC)N1CCNCC1. The molecule has 0 amide bonds. The highest BCUT2D eigenvalue weighted by atomic mass is 16.5. The first-order valence-electron chi connectivity index (χ1n) is 5.12. The van der Waals surface area contributed by atoms with Crippen molar-refractivity contribution in [3.05, 3.63) is 23.6 Å². The molecule has 3 heteroatoms. The highest BCUT2D eigenvalue weighted by molar-refractivity contribution is 5.19. The van der Waals surface area contributed by atoms with Crippen LogP contribution in [0.15, 0.2) is 23.6 Å². The van der Waals surface area contributed by atoms with Gasteiger partial charge in [0.05, 0.1) is 12.9 Å². The van der Waals surface area contributed by atoms with Crippen LogP contribution in [0.2, 0.25) is 0 Å². The van der Waals surface area contributed by atoms with Crippen LogP contribution in [-0.2, 0) is 4.74 Å². The van der Waals surface area contributed by atoms with E-state index in [4.69, 9.17) is 4.74 Å². The number of piperazine rings is 1. The van der Waals surface area contributed by atoms with Crippen molar-refractivity contribution in [2.45, 2.75) is 13.8 Å². The number of nitrogens with one attached hydrogen (secondary N) is 1. The van der Waals surface area contributed by atoms with E-state index in [1.54, 1.807) is 7.11 Å². The van der Waals surface area contributed by atoms with Crippen molar-refractivity contribution < 1.29 is 4.74 Å². The maximum atomic E-state index is 5.15. The second-order valence-electron chi connectivity index (χ2n) is 3.41. The zero-order chi connectivity index (χ0) is 10.4. The molecular weight excluding hydrogens is 176 g/mol. The van der Waals surface area contributed by atoms with Gasteiger partial charge in [-0.3, -0.25) is 0 Å². The monoisotopic (exact) mass is 196 g/mol. The fourth-order valence-electron chi connectivity index (χ4n) is 1.55. The first kappa shape index (κ1) is 11.1. The summed E-state index contributed by atoms with van der Waals surface area (Å²) < 4.78 is 5.15. The number of methoxy groups -OCH3 is 1. The minimum atomic E-state index is 0.955. The largest absolute Gasteiger partial charge is 0.501 e. The van der Waals surface area contributed by atoms with Crippen LogP contribution in [0.3, 0.4) is 0 Å². The Morgan fingerprint density at radius 2 is 2.00 bits per heavy atom. The standard InChI is InChI=1S/C11H20N2O/c1-4-11(9-10(2)14-3)13-7-5-12-6-8-13/h4,9,12H,5-8H2,1-3H3. The molecule has 0 aliphatic carbocycles. The Labute approximate surface area is 86.4 Å². The van der Waals surface area contributed by atoms with Crippen molar-refractivity contribution in [1.29, 1.82) is 0 Å². The fraction of sp³-hybridized carbons (Fsp3) is 0.636. The van der Waals surface area contributed by atoms with Crippen LogP contribution in [0.5, 0.6) is 0 Å². The van der Waals surface area contributed by atoms with E-state index < -0.39 is 0 Å². The van der Waals surface area contributed by atoms with Gasteiger partial charge in [-0.15, -0.1) is 0 Å². The molecular formula is C11H20N2O. The van der Waals surface area contributed by atoms with Crippen molar-refractivity contribution >= 4 is 0 Å². The Hall–Kier alpha value is -0.960. The average molecular weight is 196 g/mol. The molecule has 1 aliphatic rings. The number of hydrogen-bond acceptors (Lipinski definition) is 3. The lowest BCUT2D eigenvalue weighted by atomic mass is 10.2. The topological polar surface area (TPSA) is 24.5 Å². The molecule has 0 aromatic rings. The highest BCUT2D eigenvalue weighted by Crippen LogP contribution is 2.10. The molecule has 1 saturated heterocycles.